The summed E-state index contributed by atoms with van der Waals surface area (Å²) >= 11 is 0. The summed E-state index contributed by atoms with van der Waals surface area (Å²) < 4.78 is 11.2. The predicted molar refractivity (Wildman–Crippen MR) is 137 cm³/mol. The lowest BCUT2D eigenvalue weighted by molar-refractivity contribution is -0.322. The molecule has 0 radical (unpaired) electrons. The predicted octanol–water partition coefficient (Wildman–Crippen LogP) is 3.92. The average Bonchev–Trinajstić information content (AvgIpc) is 3.00. The van der Waals surface area contributed by atoms with E-state index >= 15 is 0 Å². The van der Waals surface area contributed by atoms with Crippen LogP contribution in [0.5, 0.6) is 0 Å². The molecule has 10 atom stereocenters. The Bertz CT molecular complexity index is 1020. The Morgan fingerprint density at radius 3 is 2.54 bits per heavy atom. The van der Waals surface area contributed by atoms with E-state index in [0.717, 1.165) is 12.0 Å². The molecule has 1 heterocycles. The van der Waals surface area contributed by atoms with E-state index in [9.17, 15) is 24.9 Å². The minimum Gasteiger partial charge on any atom is -0.468 e. The fraction of sp³-hybridized carbons (Fsp3) is 0.867. The van der Waals surface area contributed by atoms with Gasteiger partial charge in [0.1, 0.15) is 5.41 Å². The van der Waals surface area contributed by atoms with E-state index in [1.165, 1.54) is 7.11 Å². The number of methoxy groups -OCH3 is 1. The lowest BCUT2D eigenvalue weighted by Crippen LogP contribution is -2.78. The normalized spacial score (nSPS) is 52.2. The maximum Gasteiger partial charge on any atom is 0.315 e. The van der Waals surface area contributed by atoms with Crippen molar-refractivity contribution in [1.29, 1.82) is 0 Å². The molecular weight excluding hydrogens is 472 g/mol. The third-order valence-corrected chi connectivity index (χ3v) is 12.7. The summed E-state index contributed by atoms with van der Waals surface area (Å²) in [6.07, 6.45) is 5.36. The van der Waals surface area contributed by atoms with Gasteiger partial charge in [0.15, 0.2) is 0 Å². The summed E-state index contributed by atoms with van der Waals surface area (Å²) in [5.74, 6) is -1.01. The quantitative estimate of drug-likeness (QED) is 0.375. The van der Waals surface area contributed by atoms with Gasteiger partial charge < -0.3 is 24.8 Å². The van der Waals surface area contributed by atoms with Crippen molar-refractivity contribution in [3.63, 3.8) is 0 Å². The Hall–Kier alpha value is -1.44. The Labute approximate surface area is 221 Å². The average molecular weight is 519 g/mol. The van der Waals surface area contributed by atoms with Crippen LogP contribution in [0.1, 0.15) is 92.4 Å². The molecule has 5 aliphatic rings. The highest BCUT2D eigenvalue weighted by atomic mass is 16.5. The van der Waals surface area contributed by atoms with Gasteiger partial charge in [0, 0.05) is 17.3 Å². The Morgan fingerprint density at radius 1 is 1.19 bits per heavy atom. The van der Waals surface area contributed by atoms with E-state index in [1.807, 2.05) is 6.92 Å². The van der Waals surface area contributed by atoms with Crippen molar-refractivity contribution in [3.8, 4) is 0 Å². The first-order chi connectivity index (χ1) is 17.2. The standard InChI is InChI=1S/C30H46O7/c1-18-9-10-25(3)11-13-27(5)23-20(32)16-28(19(2)31)17-37-22(33)8-7-21(28)26(23,4)12-14-29(27,24(34)36-6)30(25,35)15-18/h9,19-21,23,31-32,35H,7-8,10-17H2,1-6H3. The number of hydrogen-bond acceptors (Lipinski definition) is 7. The van der Waals surface area contributed by atoms with Crippen molar-refractivity contribution < 1.29 is 34.4 Å². The molecule has 1 aliphatic heterocycles. The van der Waals surface area contributed by atoms with Gasteiger partial charge in [-0.3, -0.25) is 9.59 Å². The van der Waals surface area contributed by atoms with Gasteiger partial charge in [-0.2, -0.15) is 0 Å². The fourth-order valence-corrected chi connectivity index (χ4v) is 10.9. The molecule has 0 spiro atoms. The number of aliphatic hydroxyl groups excluding tert-OH is 2. The van der Waals surface area contributed by atoms with Gasteiger partial charge in [0.05, 0.1) is 31.5 Å². The molecule has 4 fully saturated rings. The number of aliphatic hydroxyl groups is 3. The number of rotatable bonds is 2. The molecule has 0 aromatic rings. The van der Waals surface area contributed by atoms with Crippen LogP contribution in [-0.2, 0) is 19.1 Å². The number of hydrogen-bond donors (Lipinski definition) is 3. The van der Waals surface area contributed by atoms with Gasteiger partial charge in [-0.05, 0) is 87.9 Å². The molecule has 0 amide bonds. The third-order valence-electron chi connectivity index (χ3n) is 12.7. The Morgan fingerprint density at radius 2 is 1.89 bits per heavy atom. The largest absolute Gasteiger partial charge is 0.468 e. The molecule has 0 aromatic carbocycles. The highest BCUT2D eigenvalue weighted by Gasteiger charge is 2.80. The first kappa shape index (κ1) is 27.1. The second-order valence-corrected chi connectivity index (χ2v) is 14.1. The number of carbonyl (C=O) groups is 2. The lowest BCUT2D eigenvalue weighted by Gasteiger charge is -2.75. The van der Waals surface area contributed by atoms with Gasteiger partial charge in [-0.25, -0.2) is 0 Å². The highest BCUT2D eigenvalue weighted by molar-refractivity contribution is 5.81. The van der Waals surface area contributed by atoms with Crippen LogP contribution in [0, 0.1) is 38.9 Å². The molecule has 1 saturated heterocycles. The minimum atomic E-state index is -1.30. The molecule has 5 rings (SSSR count). The van der Waals surface area contributed by atoms with Crippen molar-refractivity contribution >= 4 is 11.9 Å². The lowest BCUT2D eigenvalue weighted by atomic mass is 9.29. The summed E-state index contributed by atoms with van der Waals surface area (Å²) in [5, 5.41) is 36.0. The highest BCUT2D eigenvalue weighted by Crippen LogP contribution is 2.78. The molecule has 0 aromatic heterocycles. The monoisotopic (exact) mass is 518 g/mol. The van der Waals surface area contributed by atoms with E-state index < -0.39 is 44.9 Å². The van der Waals surface area contributed by atoms with Gasteiger partial charge in [-0.15, -0.1) is 0 Å². The molecule has 3 saturated carbocycles. The molecule has 0 bridgehead atoms. The van der Waals surface area contributed by atoms with E-state index in [1.54, 1.807) is 6.92 Å². The van der Waals surface area contributed by atoms with Gasteiger partial charge in [0.25, 0.3) is 0 Å². The molecule has 10 unspecified atom stereocenters. The Balaban J connectivity index is 1.71. The maximum atomic E-state index is 14.1. The van der Waals surface area contributed by atoms with Crippen LogP contribution in [0.2, 0.25) is 0 Å². The minimum absolute atomic E-state index is 0.0664. The van der Waals surface area contributed by atoms with Crippen molar-refractivity contribution in [2.24, 2.45) is 38.9 Å². The first-order valence-corrected chi connectivity index (χ1v) is 14.2. The number of fused-ring (bicyclic) bond motifs is 7. The van der Waals surface area contributed by atoms with E-state index in [4.69, 9.17) is 9.47 Å². The fourth-order valence-electron chi connectivity index (χ4n) is 10.9. The molecule has 7 nitrogen and oxygen atoms in total. The molecule has 3 N–H and O–H groups in total. The number of cyclic esters (lactones) is 1. The topological polar surface area (TPSA) is 113 Å². The van der Waals surface area contributed by atoms with Crippen LogP contribution in [0.3, 0.4) is 0 Å². The van der Waals surface area contributed by atoms with Crippen LogP contribution in [0.25, 0.3) is 0 Å². The zero-order valence-corrected chi connectivity index (χ0v) is 23.4. The zero-order valence-electron chi connectivity index (χ0n) is 23.4. The summed E-state index contributed by atoms with van der Waals surface area (Å²) in [5.41, 5.74) is -3.81. The SMILES string of the molecule is COC(=O)C12CCC3(C)C4CCC(=O)OCC4(C(C)O)CC(O)C3C1(C)CCC1(C)CC=C(C)CC12O. The molecule has 7 heteroatoms. The molecule has 4 aliphatic carbocycles. The number of carbonyl (C=O) groups excluding carboxylic acids is 2. The second kappa shape index (κ2) is 8.28. The maximum absolute atomic E-state index is 14.1. The number of ether oxygens (including phenoxy) is 2. The summed E-state index contributed by atoms with van der Waals surface area (Å²) in [6, 6.07) is 0. The van der Waals surface area contributed by atoms with Crippen LogP contribution < -0.4 is 0 Å². The Kier molecular flexibility index (Phi) is 6.07. The van der Waals surface area contributed by atoms with Crippen LogP contribution in [-0.4, -0.2) is 58.8 Å². The van der Waals surface area contributed by atoms with Crippen molar-refractivity contribution in [2.75, 3.05) is 13.7 Å². The van der Waals surface area contributed by atoms with Gasteiger partial charge in [0.2, 0.25) is 0 Å². The van der Waals surface area contributed by atoms with Crippen molar-refractivity contribution in [3.05, 3.63) is 11.6 Å². The number of esters is 2. The first-order valence-electron chi connectivity index (χ1n) is 14.2. The van der Waals surface area contributed by atoms with E-state index in [2.05, 4.69) is 26.8 Å². The van der Waals surface area contributed by atoms with Crippen LogP contribution in [0.4, 0.5) is 0 Å². The summed E-state index contributed by atoms with van der Waals surface area (Å²) in [6.45, 7) is 10.3. The van der Waals surface area contributed by atoms with Gasteiger partial charge in [-0.1, -0.05) is 32.4 Å². The number of allylic oxidation sites excluding steroid dienone is 1. The molecular formula is C30H46O7. The van der Waals surface area contributed by atoms with Crippen LogP contribution in [0.15, 0.2) is 11.6 Å². The van der Waals surface area contributed by atoms with Crippen molar-refractivity contribution in [1.82, 2.24) is 0 Å². The zero-order chi connectivity index (χ0) is 27.2. The second-order valence-electron chi connectivity index (χ2n) is 14.1. The third kappa shape index (κ3) is 3.11. The smallest absolute Gasteiger partial charge is 0.315 e. The summed E-state index contributed by atoms with van der Waals surface area (Å²) in [7, 11) is 1.41. The van der Waals surface area contributed by atoms with E-state index in [0.29, 0.717) is 44.9 Å². The van der Waals surface area contributed by atoms with Crippen LogP contribution >= 0.6 is 0 Å². The van der Waals surface area contributed by atoms with Crippen molar-refractivity contribution in [2.45, 2.75) is 110 Å². The van der Waals surface area contributed by atoms with Gasteiger partial charge >= 0.3 is 11.9 Å². The van der Waals surface area contributed by atoms with E-state index in [-0.39, 0.29) is 36.8 Å². The molecule has 208 valence electrons. The summed E-state index contributed by atoms with van der Waals surface area (Å²) in [4.78, 5) is 26.5. The molecule has 37 heavy (non-hydrogen) atoms.